The van der Waals surface area contributed by atoms with Crippen LogP contribution in [0, 0.1) is 0 Å². The Morgan fingerprint density at radius 3 is 2.10 bits per heavy atom. The maximum atomic E-state index is 12.9. The third kappa shape index (κ3) is 6.23. The first-order valence-electron chi connectivity index (χ1n) is 10.00. The van der Waals surface area contributed by atoms with Gasteiger partial charge in [-0.3, -0.25) is 0 Å². The first-order chi connectivity index (χ1) is 15.1. The fraction of sp³-hybridized carbons (Fsp3) is 0.240. The van der Waals surface area contributed by atoms with Gasteiger partial charge in [-0.25, -0.2) is 4.79 Å². The van der Waals surface area contributed by atoms with Crippen LogP contribution in [0.25, 0.3) is 0 Å². The van der Waals surface area contributed by atoms with E-state index in [1.165, 1.54) is 14.2 Å². The molecule has 3 rings (SSSR count). The van der Waals surface area contributed by atoms with E-state index in [2.05, 4.69) is 0 Å². The number of hydrogen-bond donors (Lipinski definition) is 1. The molecule has 31 heavy (non-hydrogen) atoms. The number of hydrogen-bond acceptors (Lipinski definition) is 6. The van der Waals surface area contributed by atoms with Gasteiger partial charge in [0.05, 0.1) is 14.2 Å². The van der Waals surface area contributed by atoms with Crippen LogP contribution in [0.5, 0.6) is 17.2 Å². The molecule has 3 aromatic rings. The number of carbonyl (C=O) groups excluding carboxylic acids is 1. The zero-order valence-corrected chi connectivity index (χ0v) is 17.7. The lowest BCUT2D eigenvalue weighted by molar-refractivity contribution is 0.0463. The van der Waals surface area contributed by atoms with Gasteiger partial charge in [-0.2, -0.15) is 0 Å². The molecule has 0 radical (unpaired) electrons. The summed E-state index contributed by atoms with van der Waals surface area (Å²) in [6, 6.07) is 22.4. The first kappa shape index (κ1) is 22.2. The number of nitrogens with two attached hydrogens (primary N) is 1. The van der Waals surface area contributed by atoms with Crippen LogP contribution in [0.2, 0.25) is 0 Å². The highest BCUT2D eigenvalue weighted by Crippen LogP contribution is 2.35. The second kappa shape index (κ2) is 11.0. The molecule has 2 N–H and O–H groups in total. The van der Waals surface area contributed by atoms with Crippen molar-refractivity contribution < 1.29 is 23.7 Å². The largest absolute Gasteiger partial charge is 0.496 e. The maximum Gasteiger partial charge on any atom is 0.346 e. The summed E-state index contributed by atoms with van der Waals surface area (Å²) in [6.45, 7) is 0.353. The van der Waals surface area contributed by atoms with Crippen LogP contribution in [0.15, 0.2) is 72.8 Å². The van der Waals surface area contributed by atoms with Gasteiger partial charge >= 0.3 is 5.97 Å². The highest BCUT2D eigenvalue weighted by Gasteiger charge is 2.23. The Bertz CT molecular complexity index is 976. The molecule has 0 bridgehead atoms. The summed E-state index contributed by atoms with van der Waals surface area (Å²) in [6.07, 6.45) is 0.649. The van der Waals surface area contributed by atoms with Crippen LogP contribution in [0.1, 0.15) is 21.5 Å². The van der Waals surface area contributed by atoms with Gasteiger partial charge in [-0.1, -0.05) is 60.7 Å². The van der Waals surface area contributed by atoms with Crippen molar-refractivity contribution in [2.24, 2.45) is 5.73 Å². The van der Waals surface area contributed by atoms with Crippen LogP contribution in [-0.4, -0.2) is 32.8 Å². The Balaban J connectivity index is 1.76. The van der Waals surface area contributed by atoms with Crippen LogP contribution in [-0.2, 0) is 17.8 Å². The van der Waals surface area contributed by atoms with Gasteiger partial charge in [0.25, 0.3) is 0 Å². The van der Waals surface area contributed by atoms with E-state index in [0.717, 1.165) is 11.1 Å². The minimum Gasteiger partial charge on any atom is -0.496 e. The van der Waals surface area contributed by atoms with Gasteiger partial charge in [0.1, 0.15) is 36.0 Å². The predicted octanol–water partition coefficient (Wildman–Crippen LogP) is 4.01. The number of ether oxygens (including phenoxy) is 4. The monoisotopic (exact) mass is 421 g/mol. The van der Waals surface area contributed by atoms with Crippen molar-refractivity contribution in [3.63, 3.8) is 0 Å². The van der Waals surface area contributed by atoms with Crippen molar-refractivity contribution in [2.45, 2.75) is 19.1 Å². The summed E-state index contributed by atoms with van der Waals surface area (Å²) in [4.78, 5) is 12.9. The molecular formula is C25H27NO5. The van der Waals surface area contributed by atoms with Gasteiger partial charge in [-0.05, 0) is 17.5 Å². The van der Waals surface area contributed by atoms with Crippen molar-refractivity contribution in [3.8, 4) is 17.2 Å². The normalized spacial score (nSPS) is 11.5. The van der Waals surface area contributed by atoms with Crippen molar-refractivity contribution in [1.82, 2.24) is 0 Å². The quantitative estimate of drug-likeness (QED) is 0.498. The molecule has 162 valence electrons. The first-order valence-corrected chi connectivity index (χ1v) is 10.00. The summed E-state index contributed by atoms with van der Waals surface area (Å²) in [5.74, 6) is 0.569. The van der Waals surface area contributed by atoms with Crippen molar-refractivity contribution >= 4 is 5.97 Å². The van der Waals surface area contributed by atoms with Gasteiger partial charge in [-0.15, -0.1) is 0 Å². The Kier molecular flexibility index (Phi) is 7.90. The van der Waals surface area contributed by atoms with E-state index in [1.807, 2.05) is 60.7 Å². The number of methoxy groups -OCH3 is 2. The molecule has 1 atom stereocenters. The summed E-state index contributed by atoms with van der Waals surface area (Å²) in [5, 5.41) is 0. The molecule has 0 unspecified atom stereocenters. The predicted molar refractivity (Wildman–Crippen MR) is 119 cm³/mol. The smallest absolute Gasteiger partial charge is 0.346 e. The standard InChI is InChI=1S/C25H27NO5/c1-28-21-14-22(29-2)24(25(27)31-16-19-11-7-4-8-12-19)23(15-21)30-17-20(26)13-18-9-5-3-6-10-18/h3-12,14-15,20H,13,16-17,26H2,1-2H3/t20-/m1/s1. The Morgan fingerprint density at radius 1 is 0.871 bits per heavy atom. The average molecular weight is 421 g/mol. The van der Waals surface area contributed by atoms with Crippen LogP contribution >= 0.6 is 0 Å². The summed E-state index contributed by atoms with van der Waals surface area (Å²) >= 11 is 0. The highest BCUT2D eigenvalue weighted by molar-refractivity contribution is 5.96. The minimum atomic E-state index is -0.546. The molecule has 0 aliphatic heterocycles. The maximum absolute atomic E-state index is 12.9. The third-order valence-corrected chi connectivity index (χ3v) is 4.71. The lowest BCUT2D eigenvalue weighted by atomic mass is 10.1. The van der Waals surface area contributed by atoms with E-state index in [9.17, 15) is 4.79 Å². The van der Waals surface area contributed by atoms with Gasteiger partial charge in [0.2, 0.25) is 0 Å². The summed E-state index contributed by atoms with van der Waals surface area (Å²) < 4.78 is 22.2. The van der Waals surface area contributed by atoms with E-state index in [4.69, 9.17) is 24.7 Å². The number of esters is 1. The molecule has 0 saturated heterocycles. The Labute approximate surface area is 182 Å². The molecule has 0 saturated carbocycles. The number of benzene rings is 3. The molecule has 0 aliphatic rings. The van der Waals surface area contributed by atoms with Crippen LogP contribution < -0.4 is 19.9 Å². The van der Waals surface area contributed by atoms with Crippen LogP contribution in [0.3, 0.4) is 0 Å². The molecule has 6 nitrogen and oxygen atoms in total. The minimum absolute atomic E-state index is 0.141. The fourth-order valence-electron chi connectivity index (χ4n) is 3.13. The third-order valence-electron chi connectivity index (χ3n) is 4.71. The zero-order chi connectivity index (χ0) is 22.1. The molecule has 0 spiro atoms. The average Bonchev–Trinajstić information content (AvgIpc) is 2.81. The fourth-order valence-corrected chi connectivity index (χ4v) is 3.13. The topological polar surface area (TPSA) is 80.0 Å². The number of rotatable bonds is 10. The Hall–Kier alpha value is -3.51. The molecule has 0 amide bonds. The lowest BCUT2D eigenvalue weighted by Crippen LogP contribution is -2.30. The van der Waals surface area contributed by atoms with Gasteiger partial charge in [0.15, 0.2) is 0 Å². The molecule has 3 aromatic carbocycles. The molecule has 0 aliphatic carbocycles. The summed E-state index contributed by atoms with van der Waals surface area (Å²) in [7, 11) is 3.01. The van der Waals surface area contributed by atoms with Crippen LogP contribution in [0.4, 0.5) is 0 Å². The number of carbonyl (C=O) groups is 1. The SMILES string of the molecule is COc1cc(OC)c(C(=O)OCc2ccccc2)c(OC[C@H](N)Cc2ccccc2)c1. The summed E-state index contributed by atoms with van der Waals surface area (Å²) in [5.41, 5.74) is 8.45. The highest BCUT2D eigenvalue weighted by atomic mass is 16.5. The molecular weight excluding hydrogens is 394 g/mol. The van der Waals surface area contributed by atoms with Crippen molar-refractivity contribution in [3.05, 3.63) is 89.5 Å². The molecule has 0 fully saturated rings. The van der Waals surface area contributed by atoms with E-state index >= 15 is 0 Å². The van der Waals surface area contributed by atoms with E-state index in [-0.39, 0.29) is 24.8 Å². The van der Waals surface area contributed by atoms with E-state index in [0.29, 0.717) is 23.7 Å². The van der Waals surface area contributed by atoms with Gasteiger partial charge in [0, 0.05) is 18.2 Å². The molecule has 0 aromatic heterocycles. The van der Waals surface area contributed by atoms with E-state index < -0.39 is 5.97 Å². The molecule has 0 heterocycles. The lowest BCUT2D eigenvalue weighted by Gasteiger charge is -2.18. The van der Waals surface area contributed by atoms with Crippen molar-refractivity contribution in [1.29, 1.82) is 0 Å². The van der Waals surface area contributed by atoms with Crippen molar-refractivity contribution in [2.75, 3.05) is 20.8 Å². The zero-order valence-electron chi connectivity index (χ0n) is 17.7. The second-order valence-corrected chi connectivity index (χ2v) is 7.03. The second-order valence-electron chi connectivity index (χ2n) is 7.03. The Morgan fingerprint density at radius 2 is 1.48 bits per heavy atom. The molecule has 6 heteroatoms. The van der Waals surface area contributed by atoms with E-state index in [1.54, 1.807) is 12.1 Å². The van der Waals surface area contributed by atoms with Gasteiger partial charge < -0.3 is 24.7 Å².